The van der Waals surface area contributed by atoms with E-state index in [1.54, 1.807) is 35.5 Å². The third-order valence-corrected chi connectivity index (χ3v) is 13.0. The van der Waals surface area contributed by atoms with Crippen LogP contribution in [0, 0.1) is 5.41 Å². The highest BCUT2D eigenvalue weighted by atomic mass is 16.5. The summed E-state index contributed by atoms with van der Waals surface area (Å²) in [6.45, 7) is 11.6. The number of carbonyl (C=O) groups is 5. The van der Waals surface area contributed by atoms with E-state index < -0.39 is 35.8 Å². The third-order valence-electron chi connectivity index (χ3n) is 13.0. The van der Waals surface area contributed by atoms with Crippen molar-refractivity contribution in [2.45, 2.75) is 83.8 Å². The molecule has 0 bridgehead atoms. The Morgan fingerprint density at radius 2 is 1.74 bits per heavy atom. The standard InChI is InChI=1S/C46H54N12O7/c1-46(2,3)37-24-31(16-18-55(37)45(63)64)56-28-29(25-49-56)34-12-11-32-27-48-44(52-58(32)34)50-30-10-14-38(47-26-30)54-21-19-53(20-22-54)17-5-4-6-23-65-36-9-7-8-33-40(36)43(62)57(42(33)61)35-13-15-39(59)51-41(35)60/h7-12,14,25-28,31,35,37H,4-6,13,15-24H2,1-3H3,(H,50,52)(H,63,64)(H,51,59,60). The average molecular weight is 887 g/mol. The fourth-order valence-electron chi connectivity index (χ4n) is 9.46. The summed E-state index contributed by atoms with van der Waals surface area (Å²) in [7, 11) is 0. The highest BCUT2D eigenvalue weighted by molar-refractivity contribution is 6.24. The number of carbonyl (C=O) groups excluding carboxylic acids is 4. The van der Waals surface area contributed by atoms with Crippen LogP contribution in [0.25, 0.3) is 16.8 Å². The second-order valence-electron chi connectivity index (χ2n) is 18.3. The minimum Gasteiger partial charge on any atom is -0.493 e. The number of pyridine rings is 1. The number of piperazine rings is 1. The Bertz CT molecular complexity index is 2610. The normalized spacial score (nSPS) is 20.7. The summed E-state index contributed by atoms with van der Waals surface area (Å²) in [5, 5.41) is 24.9. The quantitative estimate of drug-likeness (QED) is 0.102. The van der Waals surface area contributed by atoms with Crippen molar-refractivity contribution in [3.8, 4) is 17.0 Å². The zero-order chi connectivity index (χ0) is 45.4. The second-order valence-corrected chi connectivity index (χ2v) is 18.3. The summed E-state index contributed by atoms with van der Waals surface area (Å²) in [4.78, 5) is 79.0. The van der Waals surface area contributed by atoms with Crippen LogP contribution >= 0.6 is 0 Å². The van der Waals surface area contributed by atoms with Crippen LogP contribution in [0.2, 0.25) is 0 Å². The predicted molar refractivity (Wildman–Crippen MR) is 239 cm³/mol. The lowest BCUT2D eigenvalue weighted by Gasteiger charge is -2.44. The van der Waals surface area contributed by atoms with Crippen molar-refractivity contribution in [1.82, 2.24) is 49.4 Å². The third kappa shape index (κ3) is 8.96. The number of imide groups is 2. The molecular weight excluding hydrogens is 833 g/mol. The number of rotatable bonds is 13. The summed E-state index contributed by atoms with van der Waals surface area (Å²) in [6.07, 6.45) is 10.8. The molecule has 0 aliphatic carbocycles. The molecule has 19 nitrogen and oxygen atoms in total. The first-order valence-electron chi connectivity index (χ1n) is 22.4. The molecule has 4 aromatic heterocycles. The summed E-state index contributed by atoms with van der Waals surface area (Å²) in [5.41, 5.74) is 3.58. The van der Waals surface area contributed by atoms with Gasteiger partial charge in [0.1, 0.15) is 17.6 Å². The number of ether oxygens (including phenoxy) is 1. The number of nitrogens with zero attached hydrogens (tertiary/aromatic N) is 10. The molecule has 3 unspecified atom stereocenters. The smallest absolute Gasteiger partial charge is 0.407 e. The first kappa shape index (κ1) is 43.4. The zero-order valence-electron chi connectivity index (χ0n) is 36.9. The molecular formula is C46H54N12O7. The summed E-state index contributed by atoms with van der Waals surface area (Å²) >= 11 is 0. The van der Waals surface area contributed by atoms with Crippen LogP contribution in [0.4, 0.5) is 22.2 Å². The second kappa shape index (κ2) is 17.9. The van der Waals surface area contributed by atoms with Crippen LogP contribution in [0.15, 0.2) is 67.3 Å². The van der Waals surface area contributed by atoms with Crippen LogP contribution in [0.1, 0.15) is 92.5 Å². The Hall–Kier alpha value is -6.89. The largest absolute Gasteiger partial charge is 0.493 e. The van der Waals surface area contributed by atoms with E-state index in [2.05, 4.69) is 46.2 Å². The molecule has 1 aromatic carbocycles. The van der Waals surface area contributed by atoms with Gasteiger partial charge in [-0.25, -0.2) is 19.3 Å². The van der Waals surface area contributed by atoms with Gasteiger partial charge in [-0.1, -0.05) is 26.8 Å². The lowest BCUT2D eigenvalue weighted by molar-refractivity contribution is -0.136. The topological polar surface area (TPSA) is 213 Å². The van der Waals surface area contributed by atoms with Crippen molar-refractivity contribution in [1.29, 1.82) is 0 Å². The molecule has 4 aliphatic rings. The first-order valence-corrected chi connectivity index (χ1v) is 22.4. The number of aromatic nitrogens is 6. The maximum atomic E-state index is 13.3. The molecule has 0 saturated carbocycles. The molecule has 3 N–H and O–H groups in total. The number of fused-ring (bicyclic) bond motifs is 2. The molecule has 0 radical (unpaired) electrons. The number of unbranched alkanes of at least 4 members (excludes halogenated alkanes) is 2. The lowest BCUT2D eigenvalue weighted by atomic mass is 9.79. The minimum absolute atomic E-state index is 0.0667. The predicted octanol–water partition coefficient (Wildman–Crippen LogP) is 5.23. The Labute approximate surface area is 375 Å². The highest BCUT2D eigenvalue weighted by Crippen LogP contribution is 2.38. The molecule has 0 spiro atoms. The van der Waals surface area contributed by atoms with Gasteiger partial charge in [0, 0.05) is 56.9 Å². The van der Waals surface area contributed by atoms with E-state index in [0.717, 1.165) is 85.2 Å². The number of benzene rings is 1. The Balaban J connectivity index is 0.722. The molecule has 19 heteroatoms. The lowest BCUT2D eigenvalue weighted by Crippen LogP contribution is -2.54. The Kier molecular flexibility index (Phi) is 12.0. The number of nitrogens with one attached hydrogen (secondary N) is 2. The molecule has 340 valence electrons. The summed E-state index contributed by atoms with van der Waals surface area (Å²) in [6, 6.07) is 11.8. The fourth-order valence-corrected chi connectivity index (χ4v) is 9.46. The number of piperidine rings is 2. The molecule has 3 fully saturated rings. The maximum absolute atomic E-state index is 13.3. The van der Waals surface area contributed by atoms with Crippen molar-refractivity contribution in [2.75, 3.05) is 56.1 Å². The van der Waals surface area contributed by atoms with Gasteiger partial charge in [0.15, 0.2) is 0 Å². The van der Waals surface area contributed by atoms with Crippen LogP contribution in [0.5, 0.6) is 5.75 Å². The SMILES string of the molecule is CC(C)(C)C1CC(n2cc(-c3ccc4cnc(Nc5ccc(N6CCN(CCCCCOc7cccc8c7C(=O)N(C7CCC(=O)NC7=O)C8=O)CC6)nc5)nn34)cn2)CCN1C(=O)O. The fraction of sp³-hybridized carbons (Fsp3) is 0.457. The molecule has 4 aliphatic heterocycles. The molecule has 9 rings (SSSR count). The van der Waals surface area contributed by atoms with Gasteiger partial charge in [-0.05, 0) is 86.9 Å². The number of carboxylic acid groups (broad SMARTS) is 1. The molecule has 3 atom stereocenters. The van der Waals surface area contributed by atoms with Gasteiger partial charge in [-0.2, -0.15) is 5.10 Å². The van der Waals surface area contributed by atoms with Crippen molar-refractivity contribution < 1.29 is 33.8 Å². The van der Waals surface area contributed by atoms with Gasteiger partial charge in [0.25, 0.3) is 11.8 Å². The van der Waals surface area contributed by atoms with Crippen LogP contribution < -0.4 is 20.3 Å². The molecule has 5 aromatic rings. The van der Waals surface area contributed by atoms with Gasteiger partial charge in [0.2, 0.25) is 17.8 Å². The van der Waals surface area contributed by atoms with E-state index in [4.69, 9.17) is 19.9 Å². The Morgan fingerprint density at radius 3 is 2.49 bits per heavy atom. The van der Waals surface area contributed by atoms with E-state index in [-0.39, 0.29) is 41.5 Å². The van der Waals surface area contributed by atoms with E-state index in [0.29, 0.717) is 37.7 Å². The van der Waals surface area contributed by atoms with Crippen molar-refractivity contribution in [3.05, 3.63) is 78.4 Å². The van der Waals surface area contributed by atoms with Gasteiger partial charge in [0.05, 0.1) is 59.3 Å². The maximum Gasteiger partial charge on any atom is 0.407 e. The summed E-state index contributed by atoms with van der Waals surface area (Å²) < 4.78 is 9.82. The molecule has 8 heterocycles. The number of anilines is 3. The van der Waals surface area contributed by atoms with Crippen LogP contribution in [-0.4, -0.2) is 137 Å². The van der Waals surface area contributed by atoms with Gasteiger partial charge < -0.3 is 25.0 Å². The number of hydrogen-bond acceptors (Lipinski definition) is 13. The number of amides is 5. The first-order chi connectivity index (χ1) is 31.3. The molecule has 65 heavy (non-hydrogen) atoms. The summed E-state index contributed by atoms with van der Waals surface area (Å²) in [5.74, 6) is -0.502. The van der Waals surface area contributed by atoms with Gasteiger partial charge in [-0.3, -0.25) is 39.0 Å². The zero-order valence-corrected chi connectivity index (χ0v) is 36.9. The van der Waals surface area contributed by atoms with E-state index in [1.165, 1.54) is 0 Å². The van der Waals surface area contributed by atoms with Gasteiger partial charge >= 0.3 is 6.09 Å². The molecule has 5 amide bonds. The van der Waals surface area contributed by atoms with Crippen molar-refractivity contribution in [3.63, 3.8) is 0 Å². The van der Waals surface area contributed by atoms with E-state index in [9.17, 15) is 29.1 Å². The highest BCUT2D eigenvalue weighted by Gasteiger charge is 2.46. The van der Waals surface area contributed by atoms with Crippen molar-refractivity contribution in [2.24, 2.45) is 5.41 Å². The van der Waals surface area contributed by atoms with Crippen molar-refractivity contribution >= 4 is 52.7 Å². The van der Waals surface area contributed by atoms with Crippen LogP contribution in [0.3, 0.4) is 0 Å². The minimum atomic E-state index is -1.02. The monoisotopic (exact) mass is 886 g/mol. The number of likely N-dealkylation sites (tertiary alicyclic amines) is 1. The van der Waals surface area contributed by atoms with E-state index in [1.807, 2.05) is 45.9 Å². The average Bonchev–Trinajstić information content (AvgIpc) is 4.01. The number of hydrogen-bond donors (Lipinski definition) is 3. The molecule has 3 saturated heterocycles. The Morgan fingerprint density at radius 1 is 0.908 bits per heavy atom. The van der Waals surface area contributed by atoms with Crippen LogP contribution in [-0.2, 0) is 9.59 Å². The van der Waals surface area contributed by atoms with Gasteiger partial charge in [-0.15, -0.1) is 5.10 Å². The van der Waals surface area contributed by atoms with E-state index >= 15 is 0 Å².